The zero-order chi connectivity index (χ0) is 21.5. The SMILES string of the molecule is CCC12c3ccccc3C(c3ccccc31)[C@H]1C(=O)N(c3ccc(C)cc3C)C(=O)[C@H]12. The Kier molecular flexibility index (Phi) is 3.69. The summed E-state index contributed by atoms with van der Waals surface area (Å²) in [7, 11) is 0. The van der Waals surface area contributed by atoms with Gasteiger partial charge in [-0.25, -0.2) is 4.90 Å². The maximum absolute atomic E-state index is 14.1. The van der Waals surface area contributed by atoms with Gasteiger partial charge in [-0.05, 0) is 54.2 Å². The number of nitrogens with zero attached hydrogens (tertiary/aromatic N) is 1. The Morgan fingerprint density at radius 3 is 2.03 bits per heavy atom. The number of hydrogen-bond donors (Lipinski definition) is 0. The maximum Gasteiger partial charge on any atom is 0.238 e. The molecule has 0 spiro atoms. The minimum Gasteiger partial charge on any atom is -0.274 e. The summed E-state index contributed by atoms with van der Waals surface area (Å²) in [6.07, 6.45) is 0.786. The van der Waals surface area contributed by atoms with E-state index >= 15 is 0 Å². The molecule has 0 unspecified atom stereocenters. The molecule has 0 saturated carbocycles. The van der Waals surface area contributed by atoms with Crippen LogP contribution in [0.15, 0.2) is 66.7 Å². The van der Waals surface area contributed by atoms with E-state index in [1.807, 2.05) is 32.0 Å². The number of hydrogen-bond acceptors (Lipinski definition) is 2. The van der Waals surface area contributed by atoms with Gasteiger partial charge in [-0.3, -0.25) is 9.59 Å². The molecule has 1 heterocycles. The Balaban J connectivity index is 1.64. The number of imide groups is 1. The summed E-state index contributed by atoms with van der Waals surface area (Å²) in [5.41, 5.74) is 7.25. The number of benzene rings is 3. The van der Waals surface area contributed by atoms with Gasteiger partial charge in [-0.1, -0.05) is 73.2 Å². The van der Waals surface area contributed by atoms with E-state index in [4.69, 9.17) is 0 Å². The molecule has 31 heavy (non-hydrogen) atoms. The van der Waals surface area contributed by atoms with E-state index in [1.165, 1.54) is 27.2 Å². The molecule has 0 aromatic heterocycles. The molecule has 0 radical (unpaired) electrons. The number of rotatable bonds is 2. The minimum absolute atomic E-state index is 0.0437. The lowest BCUT2D eigenvalue weighted by molar-refractivity contribution is -0.123. The Bertz CT molecular complexity index is 1230. The van der Waals surface area contributed by atoms with E-state index in [-0.39, 0.29) is 29.6 Å². The molecule has 2 atom stereocenters. The Hall–Kier alpha value is -3.20. The van der Waals surface area contributed by atoms with Crippen molar-refractivity contribution in [2.45, 2.75) is 38.5 Å². The summed E-state index contributed by atoms with van der Waals surface area (Å²) in [4.78, 5) is 29.5. The van der Waals surface area contributed by atoms with E-state index in [1.54, 1.807) is 0 Å². The lowest BCUT2D eigenvalue weighted by Gasteiger charge is -2.54. The zero-order valence-electron chi connectivity index (χ0n) is 18.1. The van der Waals surface area contributed by atoms with Crippen molar-refractivity contribution in [2.75, 3.05) is 4.90 Å². The first-order chi connectivity index (χ1) is 15.0. The second-order valence-corrected chi connectivity index (χ2v) is 9.28. The van der Waals surface area contributed by atoms with Crippen molar-refractivity contribution in [1.29, 1.82) is 0 Å². The summed E-state index contributed by atoms with van der Waals surface area (Å²) in [6.45, 7) is 6.18. The summed E-state index contributed by atoms with van der Waals surface area (Å²) in [6, 6.07) is 22.9. The molecule has 3 aromatic carbocycles. The van der Waals surface area contributed by atoms with Crippen LogP contribution in [0.25, 0.3) is 0 Å². The largest absolute Gasteiger partial charge is 0.274 e. The molecule has 3 heteroatoms. The maximum atomic E-state index is 14.1. The Labute approximate surface area is 182 Å². The van der Waals surface area contributed by atoms with Crippen molar-refractivity contribution in [1.82, 2.24) is 0 Å². The zero-order valence-corrected chi connectivity index (χ0v) is 18.1. The van der Waals surface area contributed by atoms with Gasteiger partial charge in [0.1, 0.15) is 0 Å². The summed E-state index contributed by atoms with van der Waals surface area (Å²) in [5, 5.41) is 0. The smallest absolute Gasteiger partial charge is 0.238 e. The second kappa shape index (κ2) is 6.16. The van der Waals surface area contributed by atoms with Crippen LogP contribution in [0.5, 0.6) is 0 Å². The van der Waals surface area contributed by atoms with Crippen LogP contribution in [0.2, 0.25) is 0 Å². The third kappa shape index (κ3) is 2.09. The Morgan fingerprint density at radius 2 is 1.45 bits per heavy atom. The van der Waals surface area contributed by atoms with Crippen LogP contribution >= 0.6 is 0 Å². The van der Waals surface area contributed by atoms with E-state index in [2.05, 4.69) is 55.5 Å². The standard InChI is InChI=1S/C28H25NO2/c1-4-28-20-11-7-5-9-18(20)23(19-10-6-8-12-21(19)28)24-25(28)27(31)29(26(24)30)22-14-13-16(2)15-17(22)3/h5-15,23-25H,4H2,1-3H3/t23?,24-,25+,28?/m1/s1. The highest BCUT2D eigenvalue weighted by Gasteiger charge is 2.67. The van der Waals surface area contributed by atoms with Gasteiger partial charge < -0.3 is 0 Å². The predicted octanol–water partition coefficient (Wildman–Crippen LogP) is 5.26. The molecule has 3 aliphatic carbocycles. The van der Waals surface area contributed by atoms with Gasteiger partial charge in [-0.2, -0.15) is 0 Å². The topological polar surface area (TPSA) is 37.4 Å². The average Bonchev–Trinajstić information content (AvgIpc) is 3.05. The Morgan fingerprint density at radius 1 is 0.839 bits per heavy atom. The summed E-state index contributed by atoms with van der Waals surface area (Å²) < 4.78 is 0. The minimum atomic E-state index is -0.466. The highest BCUT2D eigenvalue weighted by atomic mass is 16.2. The number of aryl methyl sites for hydroxylation is 2. The van der Waals surface area contributed by atoms with E-state index in [0.717, 1.165) is 23.2 Å². The van der Waals surface area contributed by atoms with Gasteiger partial charge in [0, 0.05) is 11.3 Å². The number of carbonyl (C=O) groups is 2. The highest BCUT2D eigenvalue weighted by Crippen LogP contribution is 2.65. The third-order valence-electron chi connectivity index (χ3n) is 7.94. The van der Waals surface area contributed by atoms with Crippen LogP contribution in [-0.2, 0) is 15.0 Å². The molecule has 3 nitrogen and oxygen atoms in total. The van der Waals surface area contributed by atoms with Gasteiger partial charge in [0.2, 0.25) is 11.8 Å². The van der Waals surface area contributed by atoms with Crippen molar-refractivity contribution >= 4 is 17.5 Å². The van der Waals surface area contributed by atoms with Gasteiger partial charge >= 0.3 is 0 Å². The van der Waals surface area contributed by atoms with Crippen LogP contribution in [0.1, 0.15) is 52.6 Å². The first kappa shape index (κ1) is 18.6. The molecule has 3 aromatic rings. The van der Waals surface area contributed by atoms with Crippen LogP contribution in [0.3, 0.4) is 0 Å². The third-order valence-corrected chi connectivity index (χ3v) is 7.94. The van der Waals surface area contributed by atoms with E-state index in [0.29, 0.717) is 0 Å². The summed E-state index contributed by atoms with van der Waals surface area (Å²) >= 11 is 0. The molecule has 4 aliphatic rings. The predicted molar refractivity (Wildman–Crippen MR) is 121 cm³/mol. The van der Waals surface area contributed by atoms with Gasteiger partial charge in [-0.15, -0.1) is 0 Å². The van der Waals surface area contributed by atoms with Crippen molar-refractivity contribution in [3.8, 4) is 0 Å². The van der Waals surface area contributed by atoms with Gasteiger partial charge in [0.05, 0.1) is 17.5 Å². The molecule has 1 aliphatic heterocycles. The molecular formula is C28H25NO2. The van der Waals surface area contributed by atoms with E-state index < -0.39 is 5.41 Å². The second-order valence-electron chi connectivity index (χ2n) is 9.28. The quantitative estimate of drug-likeness (QED) is 0.543. The highest BCUT2D eigenvalue weighted by molar-refractivity contribution is 6.24. The molecule has 2 bridgehead atoms. The van der Waals surface area contributed by atoms with Crippen LogP contribution in [0, 0.1) is 25.7 Å². The van der Waals surface area contributed by atoms with Crippen molar-refractivity contribution < 1.29 is 9.59 Å². The number of anilines is 1. The molecule has 0 N–H and O–H groups in total. The fourth-order valence-corrected chi connectivity index (χ4v) is 6.82. The summed E-state index contributed by atoms with van der Waals surface area (Å²) in [5.74, 6) is -0.872. The number of amides is 2. The van der Waals surface area contributed by atoms with Crippen molar-refractivity contribution in [3.05, 3.63) is 100 Å². The molecule has 7 rings (SSSR count). The molecule has 1 saturated heterocycles. The monoisotopic (exact) mass is 407 g/mol. The van der Waals surface area contributed by atoms with Crippen LogP contribution < -0.4 is 4.90 Å². The molecule has 154 valence electrons. The fraction of sp³-hybridized carbons (Fsp3) is 0.286. The first-order valence-corrected chi connectivity index (χ1v) is 11.1. The fourth-order valence-electron chi connectivity index (χ4n) is 6.82. The molecular weight excluding hydrogens is 382 g/mol. The van der Waals surface area contributed by atoms with E-state index in [9.17, 15) is 9.59 Å². The number of carbonyl (C=O) groups excluding carboxylic acids is 2. The normalized spacial score (nSPS) is 27.8. The molecule has 2 amide bonds. The lowest BCUT2D eigenvalue weighted by atomic mass is 9.46. The first-order valence-electron chi connectivity index (χ1n) is 11.1. The van der Waals surface area contributed by atoms with Crippen molar-refractivity contribution in [3.63, 3.8) is 0 Å². The van der Waals surface area contributed by atoms with Crippen molar-refractivity contribution in [2.24, 2.45) is 11.8 Å². The van der Waals surface area contributed by atoms with Gasteiger partial charge in [0.25, 0.3) is 0 Å². The van der Waals surface area contributed by atoms with Crippen LogP contribution in [-0.4, -0.2) is 11.8 Å². The van der Waals surface area contributed by atoms with Crippen LogP contribution in [0.4, 0.5) is 5.69 Å². The lowest BCUT2D eigenvalue weighted by Crippen LogP contribution is -2.53. The average molecular weight is 408 g/mol. The van der Waals surface area contributed by atoms with Gasteiger partial charge in [0.15, 0.2) is 0 Å². The molecule has 1 fully saturated rings.